The smallest absolute Gasteiger partial charge is 0.341 e. The maximum Gasteiger partial charge on any atom is 0.341 e. The molecule has 7 heteroatoms. The van der Waals surface area contributed by atoms with Crippen LogP contribution in [0.2, 0.25) is 10.0 Å². The second kappa shape index (κ2) is 6.03. The lowest BCUT2D eigenvalue weighted by atomic mass is 10.0. The number of halogens is 3. The molecule has 1 aliphatic carbocycles. The third-order valence-electron chi connectivity index (χ3n) is 3.00. The van der Waals surface area contributed by atoms with Crippen molar-refractivity contribution in [1.82, 2.24) is 0 Å². The summed E-state index contributed by atoms with van der Waals surface area (Å²) in [6.45, 7) is 1.48. The number of carbonyl (C=O) groups is 1. The second-order valence-corrected chi connectivity index (χ2v) is 5.54. The molecule has 1 aliphatic rings. The minimum Gasteiger partial charge on any atom is -0.506 e. The molecule has 0 saturated heterocycles. The lowest BCUT2D eigenvalue weighted by Gasteiger charge is -2.09. The third kappa shape index (κ3) is 3.54. The molecule has 1 aromatic carbocycles. The quantitative estimate of drug-likeness (QED) is 0.377. The van der Waals surface area contributed by atoms with Crippen LogP contribution in [0.1, 0.15) is 25.3 Å². The van der Waals surface area contributed by atoms with Crippen molar-refractivity contribution in [1.29, 1.82) is 0 Å². The van der Waals surface area contributed by atoms with Crippen molar-refractivity contribution in [2.45, 2.75) is 25.8 Å². The van der Waals surface area contributed by atoms with E-state index in [-0.39, 0.29) is 27.4 Å². The summed E-state index contributed by atoms with van der Waals surface area (Å²) in [6.07, 6.45) is 1.78. The number of aliphatic carboxylic acids is 1. The van der Waals surface area contributed by atoms with E-state index in [2.05, 4.69) is 4.99 Å². The van der Waals surface area contributed by atoms with Crippen molar-refractivity contribution in [2.24, 2.45) is 4.99 Å². The van der Waals surface area contributed by atoms with Gasteiger partial charge in [-0.25, -0.2) is 9.18 Å². The van der Waals surface area contributed by atoms with Crippen molar-refractivity contribution >= 4 is 40.6 Å². The number of carboxylic acids is 1. The van der Waals surface area contributed by atoms with Gasteiger partial charge in [-0.2, -0.15) is 0 Å². The van der Waals surface area contributed by atoms with Crippen LogP contribution in [0.3, 0.4) is 0 Å². The van der Waals surface area contributed by atoms with Crippen LogP contribution in [0.15, 0.2) is 22.7 Å². The number of hydrogen-bond acceptors (Lipinski definition) is 3. The highest BCUT2D eigenvalue weighted by Crippen LogP contribution is 2.31. The Bertz CT molecular complexity index is 666. The molecule has 2 N–H and O–H groups in total. The summed E-state index contributed by atoms with van der Waals surface area (Å²) in [7, 11) is 0. The SMILES string of the molecule is CC(=NC1CC1)C(C(=O)O)=C(O)c1cc(F)c(Cl)cc1Cl. The first-order chi connectivity index (χ1) is 9.81. The first-order valence-corrected chi connectivity index (χ1v) is 6.93. The fraction of sp³-hybridized carbons (Fsp3) is 0.286. The van der Waals surface area contributed by atoms with Gasteiger partial charge in [-0.15, -0.1) is 0 Å². The van der Waals surface area contributed by atoms with E-state index in [0.717, 1.165) is 25.0 Å². The van der Waals surface area contributed by atoms with Crippen LogP contribution in [0.5, 0.6) is 0 Å². The summed E-state index contributed by atoms with van der Waals surface area (Å²) in [5.41, 5.74) is -0.360. The number of benzene rings is 1. The predicted molar refractivity (Wildman–Crippen MR) is 79.7 cm³/mol. The van der Waals surface area contributed by atoms with Gasteiger partial charge in [0, 0.05) is 5.56 Å². The topological polar surface area (TPSA) is 69.9 Å². The molecule has 0 spiro atoms. The van der Waals surface area contributed by atoms with Crippen LogP contribution in [-0.2, 0) is 4.79 Å². The highest BCUT2D eigenvalue weighted by molar-refractivity contribution is 6.36. The zero-order valence-corrected chi connectivity index (χ0v) is 12.5. The minimum absolute atomic E-state index is 0.0446. The summed E-state index contributed by atoms with van der Waals surface area (Å²) in [6, 6.07) is 2.09. The lowest BCUT2D eigenvalue weighted by Crippen LogP contribution is -2.13. The van der Waals surface area contributed by atoms with E-state index in [0.29, 0.717) is 0 Å². The highest BCUT2D eigenvalue weighted by atomic mass is 35.5. The molecule has 0 aromatic heterocycles. The Morgan fingerprint density at radius 3 is 2.43 bits per heavy atom. The van der Waals surface area contributed by atoms with Gasteiger partial charge in [-0.1, -0.05) is 23.2 Å². The van der Waals surface area contributed by atoms with Crippen molar-refractivity contribution in [2.75, 3.05) is 0 Å². The Morgan fingerprint density at radius 1 is 1.29 bits per heavy atom. The van der Waals surface area contributed by atoms with Gasteiger partial charge in [-0.3, -0.25) is 4.99 Å². The van der Waals surface area contributed by atoms with E-state index in [1.54, 1.807) is 0 Å². The molecular weight excluding hydrogens is 320 g/mol. The van der Waals surface area contributed by atoms with Gasteiger partial charge in [0.1, 0.15) is 17.1 Å². The number of nitrogens with zero attached hydrogens (tertiary/aromatic N) is 1. The van der Waals surface area contributed by atoms with Gasteiger partial charge in [0.05, 0.1) is 21.8 Å². The Labute approximate surface area is 130 Å². The van der Waals surface area contributed by atoms with Gasteiger partial charge >= 0.3 is 5.97 Å². The molecular formula is C14H12Cl2FNO3. The fourth-order valence-electron chi connectivity index (χ4n) is 1.81. The standard InChI is InChI=1S/C14H12Cl2FNO3/c1-6(18-7-2-3-7)12(14(20)21)13(19)8-4-11(17)10(16)5-9(8)15/h4-5,7,19H,2-3H2,1H3,(H,20,21). The Hall–Kier alpha value is -1.59. The maximum atomic E-state index is 13.5. The Morgan fingerprint density at radius 2 is 1.90 bits per heavy atom. The van der Waals surface area contributed by atoms with Gasteiger partial charge in [-0.05, 0) is 31.9 Å². The number of aliphatic hydroxyl groups excluding tert-OH is 1. The summed E-state index contributed by atoms with van der Waals surface area (Å²) < 4.78 is 13.5. The van der Waals surface area contributed by atoms with Crippen molar-refractivity contribution in [3.63, 3.8) is 0 Å². The monoisotopic (exact) mass is 331 g/mol. The number of hydrogen-bond donors (Lipinski definition) is 2. The summed E-state index contributed by atoms with van der Waals surface area (Å²) in [4.78, 5) is 15.5. The first kappa shape index (κ1) is 15.8. The number of carboxylic acid groups (broad SMARTS) is 1. The van der Waals surface area contributed by atoms with E-state index in [1.165, 1.54) is 6.92 Å². The minimum atomic E-state index is -1.36. The average molecular weight is 332 g/mol. The third-order valence-corrected chi connectivity index (χ3v) is 3.60. The van der Waals surface area contributed by atoms with E-state index in [9.17, 15) is 19.4 Å². The molecule has 1 fully saturated rings. The summed E-state index contributed by atoms with van der Waals surface area (Å²) in [5.74, 6) is -2.80. The van der Waals surface area contributed by atoms with Gasteiger partial charge in [0.15, 0.2) is 0 Å². The van der Waals surface area contributed by atoms with E-state index >= 15 is 0 Å². The number of aliphatic imine (C=N–C) groups is 1. The van der Waals surface area contributed by atoms with Crippen LogP contribution in [0, 0.1) is 5.82 Å². The Kier molecular flexibility index (Phi) is 4.54. The van der Waals surface area contributed by atoms with E-state index in [4.69, 9.17) is 23.2 Å². The summed E-state index contributed by atoms with van der Waals surface area (Å²) >= 11 is 11.5. The maximum absolute atomic E-state index is 13.5. The normalized spacial score (nSPS) is 16.7. The van der Waals surface area contributed by atoms with E-state index < -0.39 is 23.1 Å². The molecule has 0 bridgehead atoms. The number of aliphatic hydroxyl groups is 1. The first-order valence-electron chi connectivity index (χ1n) is 6.17. The number of rotatable bonds is 4. The zero-order chi connectivity index (χ0) is 15.7. The van der Waals surface area contributed by atoms with Crippen molar-refractivity contribution in [3.05, 3.63) is 39.1 Å². The van der Waals surface area contributed by atoms with Gasteiger partial charge in [0.2, 0.25) is 0 Å². The van der Waals surface area contributed by atoms with Crippen LogP contribution < -0.4 is 0 Å². The molecule has 21 heavy (non-hydrogen) atoms. The molecule has 4 nitrogen and oxygen atoms in total. The largest absolute Gasteiger partial charge is 0.506 e. The highest BCUT2D eigenvalue weighted by Gasteiger charge is 2.25. The molecule has 0 heterocycles. The molecule has 0 amide bonds. The van der Waals surface area contributed by atoms with Crippen molar-refractivity contribution < 1.29 is 19.4 Å². The van der Waals surface area contributed by atoms with Crippen LogP contribution in [0.4, 0.5) is 4.39 Å². The van der Waals surface area contributed by atoms with Crippen LogP contribution >= 0.6 is 23.2 Å². The van der Waals surface area contributed by atoms with Crippen LogP contribution in [-0.4, -0.2) is 27.9 Å². The predicted octanol–water partition coefficient (Wildman–Crippen LogP) is 4.11. The summed E-state index contributed by atoms with van der Waals surface area (Å²) in [5, 5.41) is 19.2. The molecule has 112 valence electrons. The lowest BCUT2D eigenvalue weighted by molar-refractivity contribution is -0.132. The molecule has 0 unspecified atom stereocenters. The molecule has 2 rings (SSSR count). The van der Waals surface area contributed by atoms with E-state index in [1.807, 2.05) is 0 Å². The molecule has 1 aromatic rings. The second-order valence-electron chi connectivity index (χ2n) is 4.72. The average Bonchev–Trinajstić information content (AvgIpc) is 3.17. The fourth-order valence-corrected chi connectivity index (χ4v) is 2.28. The molecule has 0 aliphatic heterocycles. The zero-order valence-electron chi connectivity index (χ0n) is 11.0. The van der Waals surface area contributed by atoms with Gasteiger partial charge in [0.25, 0.3) is 0 Å². The Balaban J connectivity index is 2.56. The van der Waals surface area contributed by atoms with Crippen molar-refractivity contribution in [3.8, 4) is 0 Å². The van der Waals surface area contributed by atoms with Crippen LogP contribution in [0.25, 0.3) is 5.76 Å². The molecule has 0 atom stereocenters. The molecule has 1 saturated carbocycles. The van der Waals surface area contributed by atoms with Gasteiger partial charge < -0.3 is 10.2 Å². The molecule has 0 radical (unpaired) electrons.